The SMILES string of the molecule is COc1ccc(C(=O)C2CCCC(C)C2)cc1Br. The molecular weight excluding hydrogens is 292 g/mol. The number of rotatable bonds is 3. The van der Waals surface area contributed by atoms with Crippen LogP contribution in [-0.4, -0.2) is 12.9 Å². The third-order valence-corrected chi connectivity index (χ3v) is 4.36. The molecule has 0 aliphatic heterocycles. The van der Waals surface area contributed by atoms with E-state index in [0.717, 1.165) is 28.6 Å². The van der Waals surface area contributed by atoms with Gasteiger partial charge in [-0.1, -0.05) is 19.8 Å². The minimum atomic E-state index is 0.203. The van der Waals surface area contributed by atoms with Crippen molar-refractivity contribution in [2.24, 2.45) is 11.8 Å². The summed E-state index contributed by atoms with van der Waals surface area (Å²) < 4.78 is 6.03. The first-order valence-electron chi connectivity index (χ1n) is 6.49. The predicted octanol–water partition coefficient (Wildman–Crippen LogP) is 4.47. The Hall–Kier alpha value is -0.830. The van der Waals surface area contributed by atoms with Gasteiger partial charge < -0.3 is 4.74 Å². The molecule has 0 saturated heterocycles. The fourth-order valence-electron chi connectivity index (χ4n) is 2.73. The molecule has 0 bridgehead atoms. The lowest BCUT2D eigenvalue weighted by Crippen LogP contribution is -2.21. The van der Waals surface area contributed by atoms with E-state index in [9.17, 15) is 4.79 Å². The average molecular weight is 311 g/mol. The number of methoxy groups -OCH3 is 1. The van der Waals surface area contributed by atoms with Crippen molar-refractivity contribution >= 4 is 21.7 Å². The average Bonchev–Trinajstić information content (AvgIpc) is 2.37. The zero-order chi connectivity index (χ0) is 13.1. The molecule has 1 aromatic carbocycles. The second-order valence-electron chi connectivity index (χ2n) is 5.18. The van der Waals surface area contributed by atoms with E-state index in [1.165, 1.54) is 12.8 Å². The summed E-state index contributed by atoms with van der Waals surface area (Å²) in [5, 5.41) is 0. The predicted molar refractivity (Wildman–Crippen MR) is 76.1 cm³/mol. The van der Waals surface area contributed by atoms with Crippen LogP contribution in [0.4, 0.5) is 0 Å². The van der Waals surface area contributed by atoms with E-state index in [2.05, 4.69) is 22.9 Å². The summed E-state index contributed by atoms with van der Waals surface area (Å²) in [6, 6.07) is 5.59. The van der Waals surface area contributed by atoms with E-state index in [0.29, 0.717) is 5.92 Å². The number of halogens is 1. The van der Waals surface area contributed by atoms with Crippen LogP contribution in [0, 0.1) is 11.8 Å². The Balaban J connectivity index is 2.15. The molecule has 2 unspecified atom stereocenters. The Kier molecular flexibility index (Phi) is 4.44. The largest absolute Gasteiger partial charge is 0.496 e. The molecule has 2 atom stereocenters. The van der Waals surface area contributed by atoms with Crippen LogP contribution in [-0.2, 0) is 0 Å². The van der Waals surface area contributed by atoms with Gasteiger partial charge in [-0.25, -0.2) is 0 Å². The molecule has 98 valence electrons. The first-order chi connectivity index (χ1) is 8.61. The molecule has 1 aromatic rings. The summed E-state index contributed by atoms with van der Waals surface area (Å²) in [7, 11) is 1.63. The van der Waals surface area contributed by atoms with Crippen LogP contribution in [0.2, 0.25) is 0 Å². The molecule has 0 radical (unpaired) electrons. The third-order valence-electron chi connectivity index (χ3n) is 3.74. The highest BCUT2D eigenvalue weighted by molar-refractivity contribution is 9.10. The lowest BCUT2D eigenvalue weighted by Gasteiger charge is -2.25. The van der Waals surface area contributed by atoms with E-state index >= 15 is 0 Å². The molecular formula is C15H19BrO2. The van der Waals surface area contributed by atoms with Crippen molar-refractivity contribution in [2.75, 3.05) is 7.11 Å². The zero-order valence-electron chi connectivity index (χ0n) is 10.9. The number of ketones is 1. The molecule has 0 spiro atoms. The molecule has 2 nitrogen and oxygen atoms in total. The van der Waals surface area contributed by atoms with Crippen LogP contribution >= 0.6 is 15.9 Å². The van der Waals surface area contributed by atoms with E-state index in [4.69, 9.17) is 4.74 Å². The van der Waals surface area contributed by atoms with E-state index in [1.54, 1.807) is 7.11 Å². The van der Waals surface area contributed by atoms with Gasteiger partial charge in [0.2, 0.25) is 0 Å². The molecule has 0 heterocycles. The van der Waals surface area contributed by atoms with Gasteiger partial charge in [-0.2, -0.15) is 0 Å². The summed E-state index contributed by atoms with van der Waals surface area (Å²) in [5.41, 5.74) is 0.793. The Morgan fingerprint density at radius 3 is 2.78 bits per heavy atom. The summed E-state index contributed by atoms with van der Waals surface area (Å²) in [6.07, 6.45) is 4.50. The molecule has 0 N–H and O–H groups in total. The van der Waals surface area contributed by atoms with Gasteiger partial charge in [0.1, 0.15) is 5.75 Å². The maximum atomic E-state index is 12.4. The Morgan fingerprint density at radius 2 is 2.17 bits per heavy atom. The number of hydrogen-bond acceptors (Lipinski definition) is 2. The molecule has 1 aliphatic carbocycles. The number of carbonyl (C=O) groups is 1. The van der Waals surface area contributed by atoms with Crippen molar-refractivity contribution in [1.82, 2.24) is 0 Å². The van der Waals surface area contributed by atoms with E-state index in [1.807, 2.05) is 18.2 Å². The lowest BCUT2D eigenvalue weighted by atomic mass is 9.79. The van der Waals surface area contributed by atoms with Gasteiger partial charge in [0.05, 0.1) is 11.6 Å². The van der Waals surface area contributed by atoms with Gasteiger partial charge in [0.25, 0.3) is 0 Å². The number of benzene rings is 1. The molecule has 1 aliphatic rings. The van der Waals surface area contributed by atoms with Crippen LogP contribution in [0.25, 0.3) is 0 Å². The summed E-state index contributed by atoms with van der Waals surface area (Å²) in [5.74, 6) is 1.93. The van der Waals surface area contributed by atoms with Crippen molar-refractivity contribution in [3.05, 3.63) is 28.2 Å². The number of ether oxygens (including phenoxy) is 1. The van der Waals surface area contributed by atoms with Crippen molar-refractivity contribution < 1.29 is 9.53 Å². The molecule has 18 heavy (non-hydrogen) atoms. The van der Waals surface area contributed by atoms with Crippen molar-refractivity contribution in [3.8, 4) is 5.75 Å². The molecule has 2 rings (SSSR count). The second-order valence-corrected chi connectivity index (χ2v) is 6.04. The van der Waals surface area contributed by atoms with Crippen molar-refractivity contribution in [2.45, 2.75) is 32.6 Å². The quantitative estimate of drug-likeness (QED) is 0.770. The van der Waals surface area contributed by atoms with Crippen LogP contribution < -0.4 is 4.74 Å². The minimum absolute atomic E-state index is 0.203. The van der Waals surface area contributed by atoms with Gasteiger partial charge in [0.15, 0.2) is 5.78 Å². The third kappa shape index (κ3) is 2.94. The monoisotopic (exact) mass is 310 g/mol. The normalized spacial score (nSPS) is 23.7. The van der Waals surface area contributed by atoms with Crippen LogP contribution in [0.1, 0.15) is 43.0 Å². The van der Waals surface area contributed by atoms with Gasteiger partial charge in [-0.05, 0) is 52.9 Å². The highest BCUT2D eigenvalue weighted by Gasteiger charge is 2.26. The first-order valence-corrected chi connectivity index (χ1v) is 7.29. The maximum absolute atomic E-state index is 12.4. The standard InChI is InChI=1S/C15H19BrO2/c1-10-4-3-5-11(8-10)15(17)12-6-7-14(18-2)13(16)9-12/h6-7,9-11H,3-5,8H2,1-2H3. The van der Waals surface area contributed by atoms with Crippen molar-refractivity contribution in [1.29, 1.82) is 0 Å². The molecule has 3 heteroatoms. The molecule has 0 aromatic heterocycles. The van der Waals surface area contributed by atoms with Crippen molar-refractivity contribution in [3.63, 3.8) is 0 Å². The van der Waals surface area contributed by atoms with Gasteiger partial charge in [-0.3, -0.25) is 4.79 Å². The first kappa shape index (κ1) is 13.6. The fourth-order valence-corrected chi connectivity index (χ4v) is 3.27. The number of hydrogen-bond donors (Lipinski definition) is 0. The fraction of sp³-hybridized carbons (Fsp3) is 0.533. The van der Waals surface area contributed by atoms with Gasteiger partial charge >= 0.3 is 0 Å². The number of Topliss-reactive ketones (excluding diaryl/α,β-unsaturated/α-hetero) is 1. The zero-order valence-corrected chi connectivity index (χ0v) is 12.5. The minimum Gasteiger partial charge on any atom is -0.496 e. The molecule has 1 saturated carbocycles. The Labute approximate surface area is 117 Å². The number of carbonyl (C=O) groups excluding carboxylic acids is 1. The topological polar surface area (TPSA) is 26.3 Å². The van der Waals surface area contributed by atoms with Gasteiger partial charge in [-0.15, -0.1) is 0 Å². The lowest BCUT2D eigenvalue weighted by molar-refractivity contribution is 0.0868. The van der Waals surface area contributed by atoms with Crippen LogP contribution in [0.5, 0.6) is 5.75 Å². The highest BCUT2D eigenvalue weighted by atomic mass is 79.9. The Bertz CT molecular complexity index is 442. The summed E-state index contributed by atoms with van der Waals surface area (Å²) in [6.45, 7) is 2.24. The maximum Gasteiger partial charge on any atom is 0.165 e. The van der Waals surface area contributed by atoms with Crippen LogP contribution in [0.15, 0.2) is 22.7 Å². The second kappa shape index (κ2) is 5.87. The molecule has 1 fully saturated rings. The Morgan fingerprint density at radius 1 is 1.39 bits per heavy atom. The van der Waals surface area contributed by atoms with E-state index < -0.39 is 0 Å². The van der Waals surface area contributed by atoms with E-state index in [-0.39, 0.29) is 11.7 Å². The molecule has 0 amide bonds. The summed E-state index contributed by atoms with van der Waals surface area (Å²) >= 11 is 3.43. The van der Waals surface area contributed by atoms with Gasteiger partial charge in [0, 0.05) is 11.5 Å². The highest BCUT2D eigenvalue weighted by Crippen LogP contribution is 2.32. The smallest absolute Gasteiger partial charge is 0.165 e. The van der Waals surface area contributed by atoms with Crippen LogP contribution in [0.3, 0.4) is 0 Å². The summed E-state index contributed by atoms with van der Waals surface area (Å²) in [4.78, 5) is 12.4.